The zero-order chi connectivity index (χ0) is 18.1. The molecule has 0 unspecified atom stereocenters. The zero-order valence-corrected chi connectivity index (χ0v) is 15.0. The second-order valence-electron chi connectivity index (χ2n) is 6.08. The molecule has 0 amide bonds. The van der Waals surface area contributed by atoms with Crippen LogP contribution in [-0.4, -0.2) is 29.8 Å². The quantitative estimate of drug-likeness (QED) is 0.741. The van der Waals surface area contributed by atoms with Gasteiger partial charge in [0, 0.05) is 32.4 Å². The third-order valence-electron chi connectivity index (χ3n) is 4.35. The molecule has 7 nitrogen and oxygen atoms in total. The molecule has 3 heterocycles. The predicted octanol–water partition coefficient (Wildman–Crippen LogP) is 1.90. The lowest BCUT2D eigenvalue weighted by Gasteiger charge is -2.09. The summed E-state index contributed by atoms with van der Waals surface area (Å²) in [4.78, 5) is 4.64. The largest absolute Gasteiger partial charge is 0.493 e. The summed E-state index contributed by atoms with van der Waals surface area (Å²) in [5.74, 6) is 0.763. The van der Waals surface area contributed by atoms with E-state index >= 15 is 0 Å². The fourth-order valence-electron chi connectivity index (χ4n) is 2.90. The number of hydrogen-bond donors (Lipinski definition) is 1. The van der Waals surface area contributed by atoms with Crippen LogP contribution in [0.15, 0.2) is 53.7 Å². The third-order valence-corrected chi connectivity index (χ3v) is 5.74. The van der Waals surface area contributed by atoms with Crippen LogP contribution in [0.4, 0.5) is 0 Å². The molecule has 26 heavy (non-hydrogen) atoms. The van der Waals surface area contributed by atoms with Crippen molar-refractivity contribution in [3.8, 4) is 17.1 Å². The maximum Gasteiger partial charge on any atom is 0.240 e. The molecule has 1 N–H and O–H groups in total. The number of benzene rings is 1. The molecule has 4 rings (SSSR count). The molecular weight excluding hydrogens is 352 g/mol. The lowest BCUT2D eigenvalue weighted by atomic mass is 10.2. The van der Waals surface area contributed by atoms with Gasteiger partial charge in [-0.05, 0) is 41.5 Å². The van der Waals surface area contributed by atoms with Gasteiger partial charge in [0.2, 0.25) is 10.0 Å². The molecule has 8 heteroatoms. The topological polar surface area (TPSA) is 86.1 Å². The van der Waals surface area contributed by atoms with E-state index in [1.165, 1.54) is 0 Å². The fourth-order valence-corrected chi connectivity index (χ4v) is 3.97. The highest BCUT2D eigenvalue weighted by molar-refractivity contribution is 7.89. The number of rotatable bonds is 5. The lowest BCUT2D eigenvalue weighted by molar-refractivity contribution is 0.356. The summed E-state index contributed by atoms with van der Waals surface area (Å²) >= 11 is 0. The standard InChI is InChI=1S/C18H18N4O3S/c1-22-17(6-8-20-22)16-4-2-13(11-19-16)12-21-26(23,24)15-3-5-18-14(10-15)7-9-25-18/h2-6,8,10-11,21H,7,9,12H2,1H3. The molecule has 0 fully saturated rings. The highest BCUT2D eigenvalue weighted by Gasteiger charge is 2.19. The molecule has 2 aromatic heterocycles. The Kier molecular flexibility index (Phi) is 4.21. The number of ether oxygens (including phenoxy) is 1. The average molecular weight is 370 g/mol. The average Bonchev–Trinajstić information content (AvgIpc) is 3.28. The Morgan fingerprint density at radius 1 is 1.23 bits per heavy atom. The van der Waals surface area contributed by atoms with E-state index in [2.05, 4.69) is 14.8 Å². The Morgan fingerprint density at radius 3 is 2.85 bits per heavy atom. The van der Waals surface area contributed by atoms with Crippen LogP contribution in [0, 0.1) is 0 Å². The van der Waals surface area contributed by atoms with E-state index in [1.54, 1.807) is 35.3 Å². The summed E-state index contributed by atoms with van der Waals surface area (Å²) < 4.78 is 34.8. The lowest BCUT2D eigenvalue weighted by Crippen LogP contribution is -2.23. The van der Waals surface area contributed by atoms with Gasteiger partial charge in [0.25, 0.3) is 0 Å². The van der Waals surface area contributed by atoms with E-state index in [9.17, 15) is 8.42 Å². The van der Waals surface area contributed by atoms with Gasteiger partial charge in [0.05, 0.1) is 22.9 Å². The van der Waals surface area contributed by atoms with Gasteiger partial charge in [0.15, 0.2) is 0 Å². The van der Waals surface area contributed by atoms with Crippen LogP contribution >= 0.6 is 0 Å². The summed E-state index contributed by atoms with van der Waals surface area (Å²) in [7, 11) is -1.74. The van der Waals surface area contributed by atoms with Crippen molar-refractivity contribution in [1.82, 2.24) is 19.5 Å². The molecule has 1 aliphatic heterocycles. The molecule has 0 saturated carbocycles. The van der Waals surface area contributed by atoms with Gasteiger partial charge in [-0.1, -0.05) is 6.07 Å². The van der Waals surface area contributed by atoms with Crippen molar-refractivity contribution >= 4 is 10.0 Å². The van der Waals surface area contributed by atoms with Crippen LogP contribution in [0.2, 0.25) is 0 Å². The molecule has 0 aliphatic carbocycles. The van der Waals surface area contributed by atoms with Crippen molar-refractivity contribution in [2.75, 3.05) is 6.61 Å². The molecule has 1 aromatic carbocycles. The highest BCUT2D eigenvalue weighted by Crippen LogP contribution is 2.27. The molecule has 0 atom stereocenters. The summed E-state index contributed by atoms with van der Waals surface area (Å²) in [5, 5.41) is 4.12. The first kappa shape index (κ1) is 16.7. The minimum Gasteiger partial charge on any atom is -0.493 e. The minimum atomic E-state index is -3.59. The van der Waals surface area contributed by atoms with E-state index < -0.39 is 10.0 Å². The Labute approximate surface area is 151 Å². The Hall–Kier alpha value is -2.71. The normalized spacial score (nSPS) is 13.4. The van der Waals surface area contributed by atoms with Gasteiger partial charge >= 0.3 is 0 Å². The van der Waals surface area contributed by atoms with E-state index in [0.29, 0.717) is 6.61 Å². The van der Waals surface area contributed by atoms with E-state index in [4.69, 9.17) is 4.74 Å². The van der Waals surface area contributed by atoms with Crippen LogP contribution in [0.1, 0.15) is 11.1 Å². The van der Waals surface area contributed by atoms with Crippen molar-refractivity contribution in [1.29, 1.82) is 0 Å². The first-order valence-corrected chi connectivity index (χ1v) is 9.70. The van der Waals surface area contributed by atoms with Crippen LogP contribution in [0.25, 0.3) is 11.4 Å². The molecule has 1 aliphatic rings. The van der Waals surface area contributed by atoms with Gasteiger partial charge in [-0.15, -0.1) is 0 Å². The van der Waals surface area contributed by atoms with Crippen LogP contribution < -0.4 is 9.46 Å². The van der Waals surface area contributed by atoms with Crippen LogP contribution in [0.3, 0.4) is 0 Å². The second kappa shape index (κ2) is 6.54. The minimum absolute atomic E-state index is 0.175. The smallest absolute Gasteiger partial charge is 0.240 e. The van der Waals surface area contributed by atoms with Crippen molar-refractivity contribution in [2.45, 2.75) is 17.9 Å². The number of hydrogen-bond acceptors (Lipinski definition) is 5. The first-order chi connectivity index (χ1) is 12.5. The van der Waals surface area contributed by atoms with Gasteiger partial charge < -0.3 is 4.74 Å². The summed E-state index contributed by atoms with van der Waals surface area (Å²) in [6.07, 6.45) is 4.11. The molecule has 0 bridgehead atoms. The van der Waals surface area contributed by atoms with Crippen molar-refractivity contribution in [2.24, 2.45) is 7.05 Å². The predicted molar refractivity (Wildman–Crippen MR) is 96.1 cm³/mol. The maximum atomic E-state index is 12.5. The number of aryl methyl sites for hydroxylation is 1. The Bertz CT molecular complexity index is 1040. The first-order valence-electron chi connectivity index (χ1n) is 8.22. The molecular formula is C18H18N4O3S. The van der Waals surface area contributed by atoms with Gasteiger partial charge in [-0.3, -0.25) is 9.67 Å². The summed E-state index contributed by atoms with van der Waals surface area (Å²) in [6, 6.07) is 10.5. The Morgan fingerprint density at radius 2 is 2.12 bits per heavy atom. The van der Waals surface area contributed by atoms with Gasteiger partial charge in [-0.25, -0.2) is 13.1 Å². The van der Waals surface area contributed by atoms with E-state index in [-0.39, 0.29) is 11.4 Å². The number of nitrogens with zero attached hydrogens (tertiary/aromatic N) is 3. The third kappa shape index (κ3) is 3.21. The number of nitrogens with one attached hydrogen (secondary N) is 1. The van der Waals surface area contributed by atoms with Crippen molar-refractivity contribution in [3.05, 3.63) is 59.9 Å². The highest BCUT2D eigenvalue weighted by atomic mass is 32.2. The van der Waals surface area contributed by atoms with E-state index in [1.807, 2.05) is 25.2 Å². The summed E-state index contributed by atoms with van der Waals surface area (Å²) in [5.41, 5.74) is 3.40. The van der Waals surface area contributed by atoms with Gasteiger partial charge in [-0.2, -0.15) is 5.10 Å². The number of sulfonamides is 1. The number of pyridine rings is 1. The summed E-state index contributed by atoms with van der Waals surface area (Å²) in [6.45, 7) is 0.773. The van der Waals surface area contributed by atoms with Crippen molar-refractivity contribution in [3.63, 3.8) is 0 Å². The number of aromatic nitrogens is 3. The van der Waals surface area contributed by atoms with Crippen molar-refractivity contribution < 1.29 is 13.2 Å². The molecule has 134 valence electrons. The fraction of sp³-hybridized carbons (Fsp3) is 0.222. The van der Waals surface area contributed by atoms with Crippen LogP contribution in [-0.2, 0) is 30.0 Å². The molecule has 0 spiro atoms. The second-order valence-corrected chi connectivity index (χ2v) is 7.85. The Balaban J connectivity index is 1.47. The van der Waals surface area contributed by atoms with Crippen LogP contribution in [0.5, 0.6) is 5.75 Å². The molecule has 3 aromatic rings. The maximum absolute atomic E-state index is 12.5. The van der Waals surface area contributed by atoms with Gasteiger partial charge in [0.1, 0.15) is 5.75 Å². The SMILES string of the molecule is Cn1nccc1-c1ccc(CNS(=O)(=O)c2ccc3c(c2)CCO3)cn1. The molecule has 0 radical (unpaired) electrons. The monoisotopic (exact) mass is 370 g/mol. The number of fused-ring (bicyclic) bond motifs is 1. The zero-order valence-electron chi connectivity index (χ0n) is 14.2. The van der Waals surface area contributed by atoms with E-state index in [0.717, 1.165) is 34.7 Å². The molecule has 0 saturated heterocycles.